The van der Waals surface area contributed by atoms with Crippen LogP contribution >= 0.6 is 0 Å². The van der Waals surface area contributed by atoms with Gasteiger partial charge in [0.15, 0.2) is 0 Å². The van der Waals surface area contributed by atoms with E-state index in [1.807, 2.05) is 0 Å². The molecule has 0 spiro atoms. The summed E-state index contributed by atoms with van der Waals surface area (Å²) in [6, 6.07) is 0. The molecular weight excluding hydrogens is 151 g/mol. The molecule has 2 N–H and O–H groups in total. The molecule has 10 heavy (non-hydrogen) atoms. The minimum absolute atomic E-state index is 0. The zero-order valence-corrected chi connectivity index (χ0v) is 5.93. The molecule has 0 amide bonds. The molecule has 6 heteroatoms. The first-order valence-electron chi connectivity index (χ1n) is 2.59. The molecule has 1 unspecified atom stereocenters. The van der Waals surface area contributed by atoms with E-state index in [1.165, 1.54) is 0 Å². The fourth-order valence-corrected chi connectivity index (χ4v) is 1.08. The first kappa shape index (κ1) is 13.1. The Hall–Kier alpha value is 0.467. The number of rotatable bonds is 3. The SMILES string of the molecule is CCC(O)CS(=O)(=O)O.[LiH]. The predicted octanol–water partition coefficient (Wildman–Crippen LogP) is -1.00. The molecule has 1 atom stereocenters. The van der Waals surface area contributed by atoms with Gasteiger partial charge in [-0.15, -0.1) is 0 Å². The molecule has 0 radical (unpaired) electrons. The van der Waals surface area contributed by atoms with Crippen LogP contribution in [0.25, 0.3) is 0 Å². The van der Waals surface area contributed by atoms with Gasteiger partial charge >= 0.3 is 18.9 Å². The van der Waals surface area contributed by atoms with Crippen LogP contribution in [-0.2, 0) is 10.1 Å². The predicted molar refractivity (Wildman–Crippen MR) is 39.9 cm³/mol. The maximum absolute atomic E-state index is 10.00. The first-order chi connectivity index (χ1) is 3.95. The van der Waals surface area contributed by atoms with Gasteiger partial charge in [-0.1, -0.05) is 6.92 Å². The van der Waals surface area contributed by atoms with Crippen LogP contribution in [0.2, 0.25) is 0 Å². The molecule has 0 aliphatic heterocycles. The summed E-state index contributed by atoms with van der Waals surface area (Å²) in [6.45, 7) is 1.63. The van der Waals surface area contributed by atoms with E-state index in [1.54, 1.807) is 6.92 Å². The summed E-state index contributed by atoms with van der Waals surface area (Å²) < 4.78 is 28.1. The van der Waals surface area contributed by atoms with Crippen LogP contribution in [0, 0.1) is 0 Å². The fraction of sp³-hybridized carbons (Fsp3) is 1.00. The van der Waals surface area contributed by atoms with Crippen molar-refractivity contribution in [1.29, 1.82) is 0 Å². The van der Waals surface area contributed by atoms with Crippen LogP contribution in [0.5, 0.6) is 0 Å². The second-order valence-electron chi connectivity index (χ2n) is 1.81. The molecule has 0 aromatic rings. The molecule has 0 aromatic heterocycles. The van der Waals surface area contributed by atoms with Gasteiger partial charge in [0, 0.05) is 0 Å². The Morgan fingerprint density at radius 2 is 1.90 bits per heavy atom. The Morgan fingerprint density at radius 3 is 2.00 bits per heavy atom. The van der Waals surface area contributed by atoms with Gasteiger partial charge in [-0.25, -0.2) is 0 Å². The first-order valence-corrected chi connectivity index (χ1v) is 4.20. The third-order valence-electron chi connectivity index (χ3n) is 0.874. The zero-order valence-electron chi connectivity index (χ0n) is 5.11. The normalized spacial score (nSPS) is 13.9. The monoisotopic (exact) mass is 162 g/mol. The van der Waals surface area contributed by atoms with E-state index in [4.69, 9.17) is 9.66 Å². The Labute approximate surface area is 72.6 Å². The van der Waals surface area contributed by atoms with Crippen LogP contribution in [-0.4, -0.2) is 48.8 Å². The summed E-state index contributed by atoms with van der Waals surface area (Å²) in [6.07, 6.45) is -0.611. The van der Waals surface area contributed by atoms with Gasteiger partial charge in [-0.3, -0.25) is 4.55 Å². The van der Waals surface area contributed by atoms with Crippen molar-refractivity contribution in [2.24, 2.45) is 0 Å². The average Bonchev–Trinajstić information content (AvgIpc) is 1.62. The third kappa shape index (κ3) is 8.47. The third-order valence-corrected chi connectivity index (χ3v) is 1.68. The Balaban J connectivity index is 0. The van der Waals surface area contributed by atoms with Crippen molar-refractivity contribution in [1.82, 2.24) is 0 Å². The van der Waals surface area contributed by atoms with Crippen LogP contribution in [0.15, 0.2) is 0 Å². The van der Waals surface area contributed by atoms with Crippen molar-refractivity contribution in [3.63, 3.8) is 0 Å². The van der Waals surface area contributed by atoms with Crippen LogP contribution in [0.4, 0.5) is 0 Å². The van der Waals surface area contributed by atoms with Crippen molar-refractivity contribution in [2.75, 3.05) is 5.75 Å². The number of hydrogen-bond donors (Lipinski definition) is 2. The van der Waals surface area contributed by atoms with E-state index in [9.17, 15) is 8.42 Å². The van der Waals surface area contributed by atoms with E-state index in [0.717, 1.165) is 0 Å². The quantitative estimate of drug-likeness (QED) is 0.412. The molecule has 4 nitrogen and oxygen atoms in total. The van der Waals surface area contributed by atoms with Gasteiger partial charge in [0.1, 0.15) is 5.75 Å². The molecule has 0 saturated heterocycles. The Morgan fingerprint density at radius 1 is 1.50 bits per heavy atom. The zero-order chi connectivity index (χ0) is 7.49. The van der Waals surface area contributed by atoms with E-state index >= 15 is 0 Å². The Kier molecular flexibility index (Phi) is 6.75. The standard InChI is InChI=1S/C4H10O4S.Li.H/c1-2-4(5)3-9(6,7)8;;/h4-5H,2-3H2,1H3,(H,6,7,8);;. The molecule has 0 aromatic carbocycles. The van der Waals surface area contributed by atoms with Gasteiger partial charge < -0.3 is 5.11 Å². The van der Waals surface area contributed by atoms with Gasteiger partial charge in [0.25, 0.3) is 10.1 Å². The van der Waals surface area contributed by atoms with E-state index in [-0.39, 0.29) is 18.9 Å². The van der Waals surface area contributed by atoms with Crippen molar-refractivity contribution < 1.29 is 18.1 Å². The summed E-state index contributed by atoms with van der Waals surface area (Å²) >= 11 is 0. The van der Waals surface area contributed by atoms with Gasteiger partial charge in [-0.05, 0) is 6.42 Å². The molecule has 0 bridgehead atoms. The van der Waals surface area contributed by atoms with Crippen molar-refractivity contribution in [2.45, 2.75) is 19.4 Å². The van der Waals surface area contributed by atoms with Crippen molar-refractivity contribution in [3.8, 4) is 0 Å². The molecule has 0 heterocycles. The second-order valence-corrected chi connectivity index (χ2v) is 3.31. The number of aliphatic hydroxyl groups is 1. The van der Waals surface area contributed by atoms with E-state index in [2.05, 4.69) is 0 Å². The second kappa shape index (κ2) is 5.16. The summed E-state index contributed by atoms with van der Waals surface area (Å²) in [7, 11) is -3.99. The molecule has 58 valence electrons. The van der Waals surface area contributed by atoms with Crippen LogP contribution in [0.3, 0.4) is 0 Å². The maximum atomic E-state index is 10.00. The van der Waals surface area contributed by atoms with E-state index in [0.29, 0.717) is 6.42 Å². The fourth-order valence-electron chi connectivity index (χ4n) is 0.361. The summed E-state index contributed by atoms with van der Waals surface area (Å²) in [5.74, 6) is -0.566. The van der Waals surface area contributed by atoms with Crippen LogP contribution < -0.4 is 0 Å². The Bertz CT molecular complexity index is 164. The average molecular weight is 162 g/mol. The molecule has 0 rings (SSSR count). The topological polar surface area (TPSA) is 74.6 Å². The van der Waals surface area contributed by atoms with E-state index < -0.39 is 22.0 Å². The van der Waals surface area contributed by atoms with Crippen molar-refractivity contribution in [3.05, 3.63) is 0 Å². The summed E-state index contributed by atoms with van der Waals surface area (Å²) in [5.41, 5.74) is 0. The molecular formula is C4H11LiO4S. The molecule has 0 aliphatic carbocycles. The van der Waals surface area contributed by atoms with Gasteiger partial charge in [0.2, 0.25) is 0 Å². The molecule has 0 fully saturated rings. The summed E-state index contributed by atoms with van der Waals surface area (Å²) in [5, 5.41) is 8.65. The molecule has 0 saturated carbocycles. The minimum atomic E-state index is -3.99. The van der Waals surface area contributed by atoms with Crippen molar-refractivity contribution >= 4 is 29.0 Å². The summed E-state index contributed by atoms with van der Waals surface area (Å²) in [4.78, 5) is 0. The number of aliphatic hydroxyl groups excluding tert-OH is 1. The number of hydrogen-bond acceptors (Lipinski definition) is 3. The van der Waals surface area contributed by atoms with Gasteiger partial charge in [0.05, 0.1) is 6.10 Å². The van der Waals surface area contributed by atoms with Crippen LogP contribution in [0.1, 0.15) is 13.3 Å². The molecule has 0 aliphatic rings. The van der Waals surface area contributed by atoms with Gasteiger partial charge in [-0.2, -0.15) is 8.42 Å².